The summed E-state index contributed by atoms with van der Waals surface area (Å²) in [4.78, 5) is 153. The molecule has 10 N–H and O–H groups in total. The molecule has 3 saturated heterocycles. The smallest absolute Gasteiger partial charge is 0.358 e. The summed E-state index contributed by atoms with van der Waals surface area (Å²) < 4.78 is 51.9. The van der Waals surface area contributed by atoms with Gasteiger partial charge in [-0.25, -0.2) is 39.5 Å². The SMILES string of the molecule is C=C(NC(=O)c1csc(-c2nc3c(cc2O)-c2nc(cs2)C(=O)NC(C(C)O)C(=O)N/C(=C(\C)OC)c2nc(cs2)C(=O)NC2c4nc(cs4)C(=O)NC(COC(=O)c4c5c6c(cccc6n4O)COC(=O)C(OC4CC6(C)OC(c7ccc(N8CCOCC8)cn7)N(C)C6C(C)O4)C2OC5)c2nc-3cs2)n1)C(N)=O. The molecule has 6 amide bonds. The molecule has 35 nitrogen and oxygen atoms in total. The van der Waals surface area contributed by atoms with E-state index in [1.165, 1.54) is 60.0 Å². The number of methoxy groups -OCH3 is 1. The number of carbonyl (C=O) groups excluding carboxylic acids is 8. The minimum atomic E-state index is -1.91. The molecule has 14 heterocycles. The number of fused-ring (bicyclic) bond motifs is 16. The minimum absolute atomic E-state index is 0.00850. The number of benzene rings is 1. The maximum Gasteiger partial charge on any atom is 0.358 e. The van der Waals surface area contributed by atoms with Crippen molar-refractivity contribution in [3.05, 3.63) is 148 Å². The third-order valence-corrected chi connectivity index (χ3v) is 23.8. The lowest BCUT2D eigenvalue weighted by Gasteiger charge is -2.45. The number of anilines is 1. The first kappa shape index (κ1) is 74.8. The quantitative estimate of drug-likeness (QED) is 0.0366. The van der Waals surface area contributed by atoms with Crippen molar-refractivity contribution in [2.45, 2.75) is 114 Å². The van der Waals surface area contributed by atoms with E-state index < -0.39 is 151 Å². The molecule has 0 saturated carbocycles. The number of hydrogen-bond acceptors (Lipinski definition) is 33. The second kappa shape index (κ2) is 30.3. The van der Waals surface area contributed by atoms with Crippen molar-refractivity contribution in [1.82, 2.24) is 71.1 Å². The number of morpholine rings is 1. The number of ether oxygens (including phenoxy) is 8. The number of amides is 6. The first-order valence-electron chi connectivity index (χ1n) is 34.1. The van der Waals surface area contributed by atoms with Crippen LogP contribution in [-0.2, 0) is 65.5 Å². The van der Waals surface area contributed by atoms with Gasteiger partial charge in [-0.1, -0.05) is 18.7 Å². The Balaban J connectivity index is 0.859. The van der Waals surface area contributed by atoms with E-state index >= 15 is 19.2 Å². The van der Waals surface area contributed by atoms with Crippen LogP contribution in [0.15, 0.2) is 87.5 Å². The summed E-state index contributed by atoms with van der Waals surface area (Å²) in [6, 6.07) is 4.75. The van der Waals surface area contributed by atoms with Gasteiger partial charge in [0, 0.05) is 62.9 Å². The summed E-state index contributed by atoms with van der Waals surface area (Å²) in [5.41, 5.74) is 4.10. The lowest BCUT2D eigenvalue weighted by atomic mass is 9.86. The Bertz CT molecular complexity index is 5240. The van der Waals surface area contributed by atoms with Gasteiger partial charge in [-0.15, -0.1) is 56.7 Å². The molecule has 9 aromatic rings. The van der Waals surface area contributed by atoms with Crippen molar-refractivity contribution >= 4 is 126 Å². The Morgan fingerprint density at radius 2 is 1.54 bits per heavy atom. The molecule has 0 aliphatic carbocycles. The lowest BCUT2D eigenvalue weighted by Crippen LogP contribution is -2.58. The van der Waals surface area contributed by atoms with E-state index in [9.17, 15) is 34.6 Å². The minimum Gasteiger partial charge on any atom is -0.506 e. The summed E-state index contributed by atoms with van der Waals surface area (Å²) in [6.07, 6.45) is -6.08. The summed E-state index contributed by atoms with van der Waals surface area (Å²) >= 11 is 4.51. The molecule has 11 unspecified atom stereocenters. The van der Waals surface area contributed by atoms with Gasteiger partial charge in [0.2, 0.25) is 5.91 Å². The van der Waals surface area contributed by atoms with Crippen molar-refractivity contribution < 1.29 is 91.7 Å². The number of hydrogen-bond donors (Lipinski definition) is 9. The number of primary amides is 1. The summed E-state index contributed by atoms with van der Waals surface area (Å²) in [5, 5.41) is 56.0. The molecule has 40 heteroatoms. The standard InChI is InChI=1S/C70H68N16O19S5/c1-28(56(71)89)73-57(90)39-25-109-65(78-39)50-44(88)17-34-49(80-50)38-23-107-63(75-38)37-22-102-68(95)52-35-21-100-53(51(66-79-40(26-110-66)58(91)74-37)83-60(93)42-27-108-64(77-42)48(30(3)98-7)82-61(94)47(29(2)87)81-59(92)41-24-106-62(34)76-41)54(69(96)101-20-32-9-8-10-43(46(32)35)86(52)97)104-45-18-70(5)55(31(4)103-45)84(6)67(105-70)36-12-11-33(19-72-36)85-13-15-99-16-14-85/h8-12,17,19,23-27,29,31,37,45,47,51,53-55,67,87-88,97H,1,13-16,18,20-22H2,2-7H3,(H2,71,89)(H,73,90)(H,74,91)(H,81,92)(H,82,94)(H,83,93)/b48-30+. The molecule has 572 valence electrons. The van der Waals surface area contributed by atoms with Gasteiger partial charge in [0.1, 0.15) is 120 Å². The second-order valence-corrected chi connectivity index (χ2v) is 30.8. The summed E-state index contributed by atoms with van der Waals surface area (Å²) in [6.45, 7) is 10.8. The number of cyclic esters (lactones) is 2. The Morgan fingerprint density at radius 3 is 2.28 bits per heavy atom. The fourth-order valence-corrected chi connectivity index (χ4v) is 18.1. The van der Waals surface area contributed by atoms with E-state index in [1.807, 2.05) is 37.9 Å². The van der Waals surface area contributed by atoms with E-state index in [4.69, 9.17) is 63.6 Å². The average molecular weight is 1600 g/mol. The average Bonchev–Trinajstić information content (AvgIpc) is 1.58. The van der Waals surface area contributed by atoms with Crippen LogP contribution in [0.3, 0.4) is 0 Å². The number of aromatic hydroxyl groups is 1. The van der Waals surface area contributed by atoms with Gasteiger partial charge < -0.3 is 90.5 Å². The second-order valence-electron chi connectivity index (χ2n) is 26.5. The Kier molecular flexibility index (Phi) is 20.6. The molecule has 6 aliphatic heterocycles. The van der Waals surface area contributed by atoms with E-state index in [1.54, 1.807) is 18.3 Å². The van der Waals surface area contributed by atoms with Crippen LogP contribution in [0.4, 0.5) is 5.69 Å². The van der Waals surface area contributed by atoms with Crippen molar-refractivity contribution in [1.29, 1.82) is 0 Å². The highest BCUT2D eigenvalue weighted by Gasteiger charge is 2.58. The molecule has 8 aromatic heterocycles. The molecular formula is C70H68N16O19S5. The molecule has 15 rings (SSSR count). The van der Waals surface area contributed by atoms with Gasteiger partial charge >= 0.3 is 11.9 Å². The number of nitrogens with zero attached hydrogens (tertiary/aromatic N) is 10. The lowest BCUT2D eigenvalue weighted by molar-refractivity contribution is -0.269. The number of aliphatic hydroxyl groups is 1. The molecule has 11 atom stereocenters. The van der Waals surface area contributed by atoms with Crippen molar-refractivity contribution in [3.8, 4) is 38.4 Å². The number of rotatable bonds is 10. The fraction of sp³-hybridized carbons (Fsp3) is 0.357. The Labute approximate surface area is 643 Å². The monoisotopic (exact) mass is 1600 g/mol. The number of thiazole rings is 5. The number of allylic oxidation sites excluding steroid dienone is 1. The summed E-state index contributed by atoms with van der Waals surface area (Å²) in [7, 11) is 3.22. The normalized spacial score (nSPS) is 24.8. The van der Waals surface area contributed by atoms with Crippen molar-refractivity contribution in [2.75, 3.05) is 52.0 Å². The molecule has 0 radical (unpaired) electrons. The highest BCUT2D eigenvalue weighted by Crippen LogP contribution is 2.49. The van der Waals surface area contributed by atoms with Crippen molar-refractivity contribution in [3.63, 3.8) is 0 Å². The van der Waals surface area contributed by atoms with Crippen LogP contribution in [0.1, 0.15) is 137 Å². The van der Waals surface area contributed by atoms with Gasteiger partial charge in [-0.2, -0.15) is 4.73 Å². The molecule has 0 spiro atoms. The van der Waals surface area contributed by atoms with Crippen LogP contribution in [0.5, 0.6) is 5.75 Å². The van der Waals surface area contributed by atoms with E-state index in [-0.39, 0.29) is 105 Å². The molecule has 3 fully saturated rings. The van der Waals surface area contributed by atoms with E-state index in [2.05, 4.69) is 53.0 Å². The maximum absolute atomic E-state index is 15.5. The van der Waals surface area contributed by atoms with Gasteiger partial charge in [-0.3, -0.25) is 38.7 Å². The third-order valence-electron chi connectivity index (χ3n) is 19.3. The fourth-order valence-electron chi connectivity index (χ4n) is 13.9. The van der Waals surface area contributed by atoms with Crippen LogP contribution in [0, 0.1) is 0 Å². The van der Waals surface area contributed by atoms with Crippen LogP contribution in [-0.4, -0.2) is 203 Å². The largest absolute Gasteiger partial charge is 0.506 e. The zero-order valence-corrected chi connectivity index (χ0v) is 63.1. The zero-order chi connectivity index (χ0) is 77.3. The number of nitrogens with one attached hydrogen (secondary N) is 5. The van der Waals surface area contributed by atoms with Gasteiger partial charge in [0.15, 0.2) is 24.3 Å². The number of likely N-dealkylation sites (N-methyl/N-ethyl adjacent to an activating group) is 1. The number of pyridine rings is 2. The highest BCUT2D eigenvalue weighted by molar-refractivity contribution is 7.14. The van der Waals surface area contributed by atoms with E-state index in [0.29, 0.717) is 42.3 Å². The predicted molar refractivity (Wildman–Crippen MR) is 393 cm³/mol. The summed E-state index contributed by atoms with van der Waals surface area (Å²) in [5.74, 6) is -8.21. The van der Waals surface area contributed by atoms with Crippen LogP contribution < -0.4 is 37.2 Å². The number of aromatic nitrogens is 8. The van der Waals surface area contributed by atoms with Crippen molar-refractivity contribution in [2.24, 2.45) is 5.73 Å². The zero-order valence-electron chi connectivity index (χ0n) is 59.0. The first-order chi connectivity index (χ1) is 52.8. The number of aliphatic hydroxyl groups excluding tert-OH is 1. The molecule has 12 bridgehead atoms. The van der Waals surface area contributed by atoms with Gasteiger partial charge in [0.05, 0.1) is 79.6 Å². The molecule has 1 aromatic carbocycles. The van der Waals surface area contributed by atoms with Gasteiger partial charge in [-0.05, 0) is 64.6 Å². The first-order valence-corrected chi connectivity index (χ1v) is 38.5. The Morgan fingerprint density at radius 1 is 0.836 bits per heavy atom. The maximum atomic E-state index is 15.5. The van der Waals surface area contributed by atoms with Gasteiger partial charge in [0.25, 0.3) is 29.5 Å². The molecule has 110 heavy (non-hydrogen) atoms. The number of carbonyl (C=O) groups is 8. The third kappa shape index (κ3) is 14.3. The number of esters is 2. The highest BCUT2D eigenvalue weighted by atomic mass is 32.1. The Hall–Kier alpha value is -10.6. The number of nitrogens with two attached hydrogens (primary N) is 1. The molecular weight excluding hydrogens is 1530 g/mol. The van der Waals surface area contributed by atoms with E-state index in [0.717, 1.165) is 62.4 Å². The topological polar surface area (TPSA) is 459 Å². The predicted octanol–water partition coefficient (Wildman–Crippen LogP) is 5.23. The molecule has 6 aliphatic rings. The van der Waals surface area contributed by atoms with Crippen LogP contribution >= 0.6 is 56.7 Å². The van der Waals surface area contributed by atoms with Crippen LogP contribution in [0.25, 0.3) is 49.3 Å². The van der Waals surface area contributed by atoms with Crippen LogP contribution in [0.2, 0.25) is 0 Å².